The van der Waals surface area contributed by atoms with Gasteiger partial charge in [-0.2, -0.15) is 0 Å². The number of hydrogen-bond acceptors (Lipinski definition) is 3. The van der Waals surface area contributed by atoms with Crippen LogP contribution in [0.25, 0.3) is 0 Å². The zero-order valence-corrected chi connectivity index (χ0v) is 10.4. The molecule has 4 nitrogen and oxygen atoms in total. The molecule has 90 valence electrons. The Balaban J connectivity index is 3.96. The summed E-state index contributed by atoms with van der Waals surface area (Å²) in [5.74, 6) is -0.101. The number of ether oxygens (including phenoxy) is 1. The number of rotatable bonds is 6. The Hall–Kier alpha value is -0.610. The normalized spacial score (nSPS) is 15.9. The summed E-state index contributed by atoms with van der Waals surface area (Å²) in [7, 11) is 1.58. The zero-order valence-electron chi connectivity index (χ0n) is 10.4. The first-order valence-electron chi connectivity index (χ1n) is 5.26. The highest BCUT2D eigenvalue weighted by molar-refractivity contribution is 5.76. The Morgan fingerprint density at radius 1 is 1.40 bits per heavy atom. The van der Waals surface area contributed by atoms with Crippen LogP contribution in [0.3, 0.4) is 0 Å². The van der Waals surface area contributed by atoms with E-state index >= 15 is 0 Å². The van der Waals surface area contributed by atoms with Crippen molar-refractivity contribution in [2.24, 2.45) is 0 Å². The molecule has 0 aromatic rings. The molecule has 4 heteroatoms. The fourth-order valence-electron chi connectivity index (χ4n) is 0.935. The maximum atomic E-state index is 11.5. The molecule has 0 radical (unpaired) electrons. The van der Waals surface area contributed by atoms with E-state index < -0.39 is 11.2 Å². The molecule has 0 fully saturated rings. The number of aliphatic hydroxyl groups is 1. The van der Waals surface area contributed by atoms with Crippen LogP contribution in [0.4, 0.5) is 0 Å². The Morgan fingerprint density at radius 2 is 1.93 bits per heavy atom. The van der Waals surface area contributed by atoms with Crippen molar-refractivity contribution in [3.05, 3.63) is 0 Å². The lowest BCUT2D eigenvalue weighted by atomic mass is 10.0. The van der Waals surface area contributed by atoms with Crippen LogP contribution in [-0.2, 0) is 9.53 Å². The second kappa shape index (κ2) is 5.47. The summed E-state index contributed by atoms with van der Waals surface area (Å²) in [5.41, 5.74) is -1.28. The van der Waals surface area contributed by atoms with Crippen molar-refractivity contribution < 1.29 is 14.6 Å². The van der Waals surface area contributed by atoms with Gasteiger partial charge in [0.05, 0.1) is 17.6 Å². The van der Waals surface area contributed by atoms with Crippen molar-refractivity contribution in [2.45, 2.75) is 51.7 Å². The predicted molar refractivity (Wildman–Crippen MR) is 59.6 cm³/mol. The minimum absolute atomic E-state index is 0.101. The number of carbonyl (C=O) groups excluding carboxylic acids is 1. The highest BCUT2D eigenvalue weighted by atomic mass is 16.5. The minimum atomic E-state index is -0.827. The third-order valence-corrected chi connectivity index (χ3v) is 2.57. The Bertz CT molecular complexity index is 212. The molecule has 0 saturated carbocycles. The molecular weight excluding hydrogens is 194 g/mol. The molecule has 0 aliphatic heterocycles. The van der Waals surface area contributed by atoms with E-state index in [2.05, 4.69) is 5.32 Å². The van der Waals surface area contributed by atoms with E-state index in [1.54, 1.807) is 14.0 Å². The summed E-state index contributed by atoms with van der Waals surface area (Å²) in [4.78, 5) is 11.5. The average Bonchev–Trinajstić information content (AvgIpc) is 2.15. The van der Waals surface area contributed by atoms with Crippen LogP contribution in [-0.4, -0.2) is 35.9 Å². The fraction of sp³-hybridized carbons (Fsp3) is 0.909. The van der Waals surface area contributed by atoms with Gasteiger partial charge in [-0.1, -0.05) is 6.92 Å². The Labute approximate surface area is 92.0 Å². The molecule has 1 unspecified atom stereocenters. The first-order valence-corrected chi connectivity index (χ1v) is 5.26. The lowest BCUT2D eigenvalue weighted by molar-refractivity contribution is -0.127. The van der Waals surface area contributed by atoms with Crippen molar-refractivity contribution in [1.29, 1.82) is 0 Å². The Morgan fingerprint density at radius 3 is 2.33 bits per heavy atom. The van der Waals surface area contributed by atoms with Crippen LogP contribution in [0, 0.1) is 0 Å². The lowest BCUT2D eigenvalue weighted by Crippen LogP contribution is -2.42. The highest BCUT2D eigenvalue weighted by Crippen LogP contribution is 2.13. The largest absolute Gasteiger partial charge is 0.388 e. The maximum absolute atomic E-state index is 11.5. The number of methoxy groups -OCH3 is 1. The van der Waals surface area contributed by atoms with E-state index in [0.29, 0.717) is 12.8 Å². The van der Waals surface area contributed by atoms with Gasteiger partial charge in [-0.3, -0.25) is 4.79 Å². The standard InChI is InChI=1S/C11H23NO3/c1-6-11(4,14)8-12-9(13)7-10(2,3)15-5/h14H,6-8H2,1-5H3,(H,12,13). The van der Waals surface area contributed by atoms with Gasteiger partial charge in [0, 0.05) is 13.7 Å². The molecule has 0 aliphatic carbocycles. The molecule has 0 saturated heterocycles. The van der Waals surface area contributed by atoms with Crippen molar-refractivity contribution in [3.8, 4) is 0 Å². The van der Waals surface area contributed by atoms with Crippen LogP contribution in [0.2, 0.25) is 0 Å². The molecule has 0 aliphatic rings. The topological polar surface area (TPSA) is 58.6 Å². The second-order valence-corrected chi connectivity index (χ2v) is 4.77. The van der Waals surface area contributed by atoms with Gasteiger partial charge in [0.15, 0.2) is 0 Å². The van der Waals surface area contributed by atoms with E-state index in [0.717, 1.165) is 0 Å². The van der Waals surface area contributed by atoms with Crippen LogP contribution >= 0.6 is 0 Å². The van der Waals surface area contributed by atoms with Gasteiger partial charge >= 0.3 is 0 Å². The van der Waals surface area contributed by atoms with Gasteiger partial charge < -0.3 is 15.2 Å². The number of carbonyl (C=O) groups is 1. The molecule has 0 aromatic carbocycles. The van der Waals surface area contributed by atoms with Gasteiger partial charge in [0.1, 0.15) is 0 Å². The summed E-state index contributed by atoms with van der Waals surface area (Å²) in [6.07, 6.45) is 0.907. The van der Waals surface area contributed by atoms with Crippen LogP contribution in [0.15, 0.2) is 0 Å². The van der Waals surface area contributed by atoms with Gasteiger partial charge in [0.25, 0.3) is 0 Å². The van der Waals surface area contributed by atoms with E-state index in [-0.39, 0.29) is 12.5 Å². The molecular formula is C11H23NO3. The number of hydrogen-bond donors (Lipinski definition) is 2. The summed E-state index contributed by atoms with van der Waals surface area (Å²) in [6.45, 7) is 7.57. The first-order chi connectivity index (χ1) is 6.72. The summed E-state index contributed by atoms with van der Waals surface area (Å²) in [6, 6.07) is 0. The first kappa shape index (κ1) is 14.4. The predicted octanol–water partition coefficient (Wildman–Crippen LogP) is 1.08. The highest BCUT2D eigenvalue weighted by Gasteiger charge is 2.23. The SMILES string of the molecule is CCC(C)(O)CNC(=O)CC(C)(C)OC. The van der Waals surface area contributed by atoms with Crippen molar-refractivity contribution in [3.63, 3.8) is 0 Å². The van der Waals surface area contributed by atoms with Gasteiger partial charge in [-0.25, -0.2) is 0 Å². The molecule has 0 aromatic heterocycles. The molecule has 0 heterocycles. The molecule has 1 atom stereocenters. The van der Waals surface area contributed by atoms with E-state index in [4.69, 9.17) is 4.74 Å². The van der Waals surface area contributed by atoms with Crippen molar-refractivity contribution in [1.82, 2.24) is 5.32 Å². The number of amides is 1. The van der Waals surface area contributed by atoms with Crippen LogP contribution in [0.5, 0.6) is 0 Å². The van der Waals surface area contributed by atoms with Gasteiger partial charge in [0.2, 0.25) is 5.91 Å². The second-order valence-electron chi connectivity index (χ2n) is 4.77. The van der Waals surface area contributed by atoms with Crippen LogP contribution in [0.1, 0.15) is 40.5 Å². The summed E-state index contributed by atoms with van der Waals surface area (Å²) in [5, 5.41) is 12.4. The monoisotopic (exact) mass is 217 g/mol. The van der Waals surface area contributed by atoms with E-state index in [1.165, 1.54) is 0 Å². The molecule has 0 rings (SSSR count). The fourth-order valence-corrected chi connectivity index (χ4v) is 0.935. The maximum Gasteiger partial charge on any atom is 0.222 e. The Kier molecular flexibility index (Phi) is 5.24. The van der Waals surface area contributed by atoms with Crippen molar-refractivity contribution in [2.75, 3.05) is 13.7 Å². The molecule has 1 amide bonds. The summed E-state index contributed by atoms with van der Waals surface area (Å²) >= 11 is 0. The lowest BCUT2D eigenvalue weighted by Gasteiger charge is -2.25. The molecule has 0 spiro atoms. The molecule has 0 bridgehead atoms. The van der Waals surface area contributed by atoms with Crippen molar-refractivity contribution >= 4 is 5.91 Å². The van der Waals surface area contributed by atoms with Gasteiger partial charge in [-0.15, -0.1) is 0 Å². The smallest absolute Gasteiger partial charge is 0.222 e. The molecule has 15 heavy (non-hydrogen) atoms. The quantitative estimate of drug-likeness (QED) is 0.700. The summed E-state index contributed by atoms with van der Waals surface area (Å²) < 4.78 is 5.14. The third-order valence-electron chi connectivity index (χ3n) is 2.57. The minimum Gasteiger partial charge on any atom is -0.388 e. The van der Waals surface area contributed by atoms with E-state index in [1.807, 2.05) is 20.8 Å². The average molecular weight is 217 g/mol. The van der Waals surface area contributed by atoms with E-state index in [9.17, 15) is 9.90 Å². The zero-order chi connectivity index (χ0) is 12.1. The number of nitrogens with one attached hydrogen (secondary N) is 1. The molecule has 2 N–H and O–H groups in total. The third kappa shape index (κ3) is 6.47. The van der Waals surface area contributed by atoms with Crippen LogP contribution < -0.4 is 5.32 Å². The van der Waals surface area contributed by atoms with Gasteiger partial charge in [-0.05, 0) is 27.2 Å².